The maximum absolute atomic E-state index is 14.4. The molecule has 0 spiro atoms. The maximum atomic E-state index is 14.4. The fourth-order valence-corrected chi connectivity index (χ4v) is 6.29. The summed E-state index contributed by atoms with van der Waals surface area (Å²) in [6.45, 7) is 7.09. The van der Waals surface area contributed by atoms with Crippen molar-refractivity contribution in [2.45, 2.75) is 57.8 Å². The Kier molecular flexibility index (Phi) is 4.68. The molecule has 0 radical (unpaired) electrons. The number of likely N-dealkylation sites (N-methyl/N-ethyl adjacent to an activating group) is 1. The van der Waals surface area contributed by atoms with Gasteiger partial charge in [-0.1, -0.05) is 19.9 Å². The topological polar surface area (TPSA) is 89.2 Å². The molecule has 5 rings (SSSR count). The summed E-state index contributed by atoms with van der Waals surface area (Å²) in [5.74, 6) is -1.99. The normalized spacial score (nSPS) is 25.5. The Labute approximate surface area is 191 Å². The van der Waals surface area contributed by atoms with Gasteiger partial charge in [-0.05, 0) is 67.7 Å². The van der Waals surface area contributed by atoms with Crippen molar-refractivity contribution in [2.24, 2.45) is 16.6 Å². The largest absolute Gasteiger partial charge is 0.369 e. The predicted molar refractivity (Wildman–Crippen MR) is 118 cm³/mol. The van der Waals surface area contributed by atoms with Gasteiger partial charge in [0.2, 0.25) is 11.8 Å². The van der Waals surface area contributed by atoms with Crippen LogP contribution in [-0.4, -0.2) is 40.0 Å². The van der Waals surface area contributed by atoms with Gasteiger partial charge < -0.3 is 10.6 Å². The third-order valence-corrected chi connectivity index (χ3v) is 8.60. The van der Waals surface area contributed by atoms with Crippen molar-refractivity contribution >= 4 is 11.8 Å². The lowest BCUT2D eigenvalue weighted by atomic mass is 9.68. The molecule has 0 unspecified atom stereocenters. The standard InChI is InChI=1S/C25H28F2N4O2/c1-4-31(22(33)24(10-11-24)21(28)32)13-25-9-8-15(23(25,2)3)14-12-18(29-30-20(14)25)19-16(26)6-5-7-17(19)27/h5-7,12,15H,4,8-11,13H2,1-3H3,(H2,28,32)/t15-,25-/m0/s1. The molecule has 2 saturated carbocycles. The predicted octanol–water partition coefficient (Wildman–Crippen LogP) is 3.69. The second kappa shape index (κ2) is 7.05. The number of amides is 2. The number of aromatic nitrogens is 2. The van der Waals surface area contributed by atoms with Gasteiger partial charge in [0.1, 0.15) is 17.0 Å². The van der Waals surface area contributed by atoms with E-state index in [1.165, 1.54) is 18.2 Å². The summed E-state index contributed by atoms with van der Waals surface area (Å²) < 4.78 is 28.8. The number of hydrogen-bond acceptors (Lipinski definition) is 4. The van der Waals surface area contributed by atoms with Gasteiger partial charge in [-0.2, -0.15) is 10.2 Å². The van der Waals surface area contributed by atoms with E-state index in [4.69, 9.17) is 5.73 Å². The molecule has 1 aromatic carbocycles. The van der Waals surface area contributed by atoms with Crippen molar-refractivity contribution in [3.8, 4) is 11.3 Å². The highest BCUT2D eigenvalue weighted by atomic mass is 19.1. The second-order valence-electron chi connectivity index (χ2n) is 10.3. The van der Waals surface area contributed by atoms with E-state index in [-0.39, 0.29) is 28.5 Å². The van der Waals surface area contributed by atoms with E-state index in [1.54, 1.807) is 11.0 Å². The third kappa shape index (κ3) is 2.82. The fraction of sp³-hybridized carbons (Fsp3) is 0.520. The zero-order valence-electron chi connectivity index (χ0n) is 19.1. The van der Waals surface area contributed by atoms with Crippen LogP contribution in [0.5, 0.6) is 0 Å². The van der Waals surface area contributed by atoms with Crippen LogP contribution in [0.3, 0.4) is 0 Å². The summed E-state index contributed by atoms with van der Waals surface area (Å²) in [7, 11) is 0. The van der Waals surface area contributed by atoms with Crippen molar-refractivity contribution in [1.29, 1.82) is 0 Å². The number of carbonyl (C=O) groups excluding carboxylic acids is 2. The van der Waals surface area contributed by atoms with Crippen LogP contribution in [0.1, 0.15) is 63.6 Å². The number of nitrogens with zero attached hydrogens (tertiary/aromatic N) is 3. The molecule has 2 atom stereocenters. The number of hydrogen-bond donors (Lipinski definition) is 1. The molecule has 0 aliphatic heterocycles. The fourth-order valence-electron chi connectivity index (χ4n) is 6.29. The lowest BCUT2D eigenvalue weighted by molar-refractivity contribution is -0.144. The average Bonchev–Trinajstić information content (AvgIpc) is 3.51. The molecule has 2 bridgehead atoms. The molecule has 0 saturated heterocycles. The van der Waals surface area contributed by atoms with E-state index in [0.29, 0.717) is 25.9 Å². The highest BCUT2D eigenvalue weighted by Gasteiger charge is 2.65. The molecular weight excluding hydrogens is 426 g/mol. The molecule has 2 amide bonds. The number of benzene rings is 1. The minimum Gasteiger partial charge on any atom is -0.369 e. The number of fused-ring (bicyclic) bond motifs is 5. The van der Waals surface area contributed by atoms with Crippen molar-refractivity contribution < 1.29 is 18.4 Å². The Morgan fingerprint density at radius 3 is 2.39 bits per heavy atom. The molecule has 2 N–H and O–H groups in total. The van der Waals surface area contributed by atoms with Crippen molar-refractivity contribution in [2.75, 3.05) is 13.1 Å². The van der Waals surface area contributed by atoms with Crippen LogP contribution in [-0.2, 0) is 15.0 Å². The van der Waals surface area contributed by atoms with Gasteiger partial charge in [-0.3, -0.25) is 9.59 Å². The molecule has 2 aromatic rings. The lowest BCUT2D eigenvalue weighted by Crippen LogP contribution is -2.52. The Morgan fingerprint density at radius 2 is 1.82 bits per heavy atom. The molecule has 6 nitrogen and oxygen atoms in total. The summed E-state index contributed by atoms with van der Waals surface area (Å²) in [6, 6.07) is 5.51. The van der Waals surface area contributed by atoms with Crippen LogP contribution in [0.4, 0.5) is 8.78 Å². The molecule has 3 aliphatic carbocycles. The van der Waals surface area contributed by atoms with E-state index in [9.17, 15) is 18.4 Å². The van der Waals surface area contributed by atoms with Crippen LogP contribution in [0.25, 0.3) is 11.3 Å². The van der Waals surface area contributed by atoms with Crippen LogP contribution >= 0.6 is 0 Å². The van der Waals surface area contributed by atoms with E-state index in [1.807, 2.05) is 6.92 Å². The van der Waals surface area contributed by atoms with E-state index >= 15 is 0 Å². The first kappa shape index (κ1) is 21.9. The van der Waals surface area contributed by atoms with Gasteiger partial charge in [0.15, 0.2) is 0 Å². The Bertz CT molecular complexity index is 1160. The summed E-state index contributed by atoms with van der Waals surface area (Å²) in [5.41, 5.74) is 5.53. The molecule has 2 fully saturated rings. The SMILES string of the molecule is CCN(C[C@@]12CC[C@@H](c3cc(-c4c(F)cccc4F)nnc31)C2(C)C)C(=O)C1(C(N)=O)CC1. The summed E-state index contributed by atoms with van der Waals surface area (Å²) in [6.07, 6.45) is 2.69. The Hall–Kier alpha value is -2.90. The van der Waals surface area contributed by atoms with Crippen LogP contribution in [0, 0.1) is 22.5 Å². The highest BCUT2D eigenvalue weighted by Crippen LogP contribution is 2.67. The minimum atomic E-state index is -1.08. The highest BCUT2D eigenvalue weighted by molar-refractivity contribution is 6.07. The molecule has 33 heavy (non-hydrogen) atoms. The maximum Gasteiger partial charge on any atom is 0.238 e. The summed E-state index contributed by atoms with van der Waals surface area (Å²) in [4.78, 5) is 27.0. The van der Waals surface area contributed by atoms with Gasteiger partial charge in [-0.25, -0.2) is 8.78 Å². The van der Waals surface area contributed by atoms with Gasteiger partial charge in [-0.15, -0.1) is 0 Å². The minimum absolute atomic E-state index is 0.136. The van der Waals surface area contributed by atoms with E-state index in [0.717, 1.165) is 24.1 Å². The van der Waals surface area contributed by atoms with Crippen LogP contribution in [0.15, 0.2) is 24.3 Å². The van der Waals surface area contributed by atoms with E-state index in [2.05, 4.69) is 24.0 Å². The lowest BCUT2D eigenvalue weighted by Gasteiger charge is -2.42. The van der Waals surface area contributed by atoms with Gasteiger partial charge in [0.25, 0.3) is 0 Å². The van der Waals surface area contributed by atoms with Crippen LogP contribution < -0.4 is 5.73 Å². The molecule has 174 valence electrons. The second-order valence-corrected chi connectivity index (χ2v) is 10.3. The molecule has 1 aromatic heterocycles. The zero-order chi connectivity index (χ0) is 23.8. The first-order chi connectivity index (χ1) is 15.6. The number of halogens is 2. The Balaban J connectivity index is 1.56. The zero-order valence-corrected chi connectivity index (χ0v) is 19.1. The molecular formula is C25H28F2N4O2. The van der Waals surface area contributed by atoms with E-state index < -0.39 is 28.4 Å². The molecule has 1 heterocycles. The molecule has 3 aliphatic rings. The van der Waals surface area contributed by atoms with Crippen LogP contribution in [0.2, 0.25) is 0 Å². The smallest absolute Gasteiger partial charge is 0.238 e. The third-order valence-electron chi connectivity index (χ3n) is 8.60. The quantitative estimate of drug-likeness (QED) is 0.674. The van der Waals surface area contributed by atoms with Crippen molar-refractivity contribution in [3.05, 3.63) is 47.2 Å². The first-order valence-corrected chi connectivity index (χ1v) is 11.5. The monoisotopic (exact) mass is 454 g/mol. The Morgan fingerprint density at radius 1 is 1.15 bits per heavy atom. The summed E-state index contributed by atoms with van der Waals surface area (Å²) >= 11 is 0. The van der Waals surface area contributed by atoms with Gasteiger partial charge in [0.05, 0.1) is 17.0 Å². The van der Waals surface area contributed by atoms with Gasteiger partial charge in [0, 0.05) is 18.5 Å². The number of rotatable bonds is 6. The van der Waals surface area contributed by atoms with Crippen molar-refractivity contribution in [3.63, 3.8) is 0 Å². The van der Waals surface area contributed by atoms with Crippen molar-refractivity contribution in [1.82, 2.24) is 15.1 Å². The average molecular weight is 455 g/mol. The summed E-state index contributed by atoms with van der Waals surface area (Å²) in [5, 5.41) is 8.75. The number of nitrogens with two attached hydrogens (primary N) is 1. The molecule has 8 heteroatoms. The number of carbonyl (C=O) groups is 2. The van der Waals surface area contributed by atoms with Gasteiger partial charge >= 0.3 is 0 Å². The first-order valence-electron chi connectivity index (χ1n) is 11.5. The number of primary amides is 1.